The molecule has 1 aliphatic heterocycles. The van der Waals surface area contributed by atoms with Gasteiger partial charge in [0.05, 0.1) is 6.10 Å². The van der Waals surface area contributed by atoms with Crippen molar-refractivity contribution in [3.63, 3.8) is 0 Å². The number of carbonyl (C=O) groups is 1. The second-order valence-electron chi connectivity index (χ2n) is 6.06. The number of carbonyl (C=O) groups excluding carboxylic acids is 1. The summed E-state index contributed by atoms with van der Waals surface area (Å²) in [4.78, 5) is 11.6. The van der Waals surface area contributed by atoms with E-state index in [1.807, 2.05) is 45.0 Å². The number of rotatable bonds is 2. The van der Waals surface area contributed by atoms with Gasteiger partial charge in [0.1, 0.15) is 5.60 Å². The molecule has 2 rings (SSSR count). The molecule has 0 spiro atoms. The lowest BCUT2D eigenvalue weighted by atomic mass is 9.91. The SMILES string of the molecule is CC(C)(C)OC(=O)NC[C@@H]1CNc2ccccc2[C@@H]1O. The van der Waals surface area contributed by atoms with Crippen LogP contribution in [0.25, 0.3) is 0 Å². The molecule has 0 saturated heterocycles. The zero-order valence-electron chi connectivity index (χ0n) is 12.1. The molecule has 0 radical (unpaired) electrons. The minimum atomic E-state index is -0.581. The number of benzene rings is 1. The third kappa shape index (κ3) is 3.63. The minimum Gasteiger partial charge on any atom is -0.444 e. The van der Waals surface area contributed by atoms with E-state index in [0.717, 1.165) is 11.3 Å². The molecule has 1 aliphatic rings. The van der Waals surface area contributed by atoms with Crippen molar-refractivity contribution in [1.29, 1.82) is 0 Å². The van der Waals surface area contributed by atoms with Gasteiger partial charge in [0.2, 0.25) is 0 Å². The maximum atomic E-state index is 11.6. The van der Waals surface area contributed by atoms with E-state index in [1.165, 1.54) is 0 Å². The fourth-order valence-corrected chi connectivity index (χ4v) is 2.23. The van der Waals surface area contributed by atoms with E-state index < -0.39 is 17.8 Å². The van der Waals surface area contributed by atoms with Crippen LogP contribution in [-0.2, 0) is 4.74 Å². The molecule has 110 valence electrons. The van der Waals surface area contributed by atoms with Gasteiger partial charge in [-0.05, 0) is 26.8 Å². The van der Waals surface area contributed by atoms with Crippen molar-refractivity contribution >= 4 is 11.8 Å². The number of fused-ring (bicyclic) bond motifs is 1. The molecule has 3 N–H and O–H groups in total. The molecule has 5 heteroatoms. The van der Waals surface area contributed by atoms with Crippen LogP contribution in [0.15, 0.2) is 24.3 Å². The third-order valence-corrected chi connectivity index (χ3v) is 3.19. The summed E-state index contributed by atoms with van der Waals surface area (Å²) in [5.74, 6) is -0.0718. The average Bonchev–Trinajstić information content (AvgIpc) is 2.36. The fraction of sp³-hybridized carbons (Fsp3) is 0.533. The van der Waals surface area contributed by atoms with Gasteiger partial charge < -0.3 is 20.5 Å². The molecular formula is C15H22N2O3. The highest BCUT2D eigenvalue weighted by Crippen LogP contribution is 2.32. The van der Waals surface area contributed by atoms with Crippen LogP contribution in [0.2, 0.25) is 0 Å². The van der Waals surface area contributed by atoms with Gasteiger partial charge in [0, 0.05) is 30.3 Å². The Kier molecular flexibility index (Phi) is 4.18. The minimum absolute atomic E-state index is 0.0718. The van der Waals surface area contributed by atoms with Gasteiger partial charge in [0.15, 0.2) is 0 Å². The van der Waals surface area contributed by atoms with E-state index in [9.17, 15) is 9.90 Å². The van der Waals surface area contributed by atoms with E-state index in [2.05, 4.69) is 10.6 Å². The van der Waals surface area contributed by atoms with Crippen LogP contribution in [0.4, 0.5) is 10.5 Å². The second kappa shape index (κ2) is 5.71. The van der Waals surface area contributed by atoms with Crippen LogP contribution >= 0.6 is 0 Å². The van der Waals surface area contributed by atoms with E-state index in [0.29, 0.717) is 13.1 Å². The molecule has 0 unspecified atom stereocenters. The van der Waals surface area contributed by atoms with Crippen molar-refractivity contribution in [3.05, 3.63) is 29.8 Å². The smallest absolute Gasteiger partial charge is 0.407 e. The molecule has 1 heterocycles. The molecule has 1 amide bonds. The molecule has 1 aromatic rings. The van der Waals surface area contributed by atoms with Crippen molar-refractivity contribution in [1.82, 2.24) is 5.32 Å². The van der Waals surface area contributed by atoms with Crippen LogP contribution in [0, 0.1) is 5.92 Å². The molecule has 0 fully saturated rings. The molecular weight excluding hydrogens is 256 g/mol. The van der Waals surface area contributed by atoms with Gasteiger partial charge in [-0.3, -0.25) is 0 Å². The van der Waals surface area contributed by atoms with Gasteiger partial charge in [0.25, 0.3) is 0 Å². The first kappa shape index (κ1) is 14.7. The third-order valence-electron chi connectivity index (χ3n) is 3.19. The number of aliphatic hydroxyl groups excluding tert-OH is 1. The number of aliphatic hydroxyl groups is 1. The molecule has 2 atom stereocenters. The Balaban J connectivity index is 1.91. The molecule has 1 aromatic carbocycles. The van der Waals surface area contributed by atoms with Gasteiger partial charge in [-0.2, -0.15) is 0 Å². The fourth-order valence-electron chi connectivity index (χ4n) is 2.23. The van der Waals surface area contributed by atoms with Crippen molar-refractivity contribution in [3.8, 4) is 0 Å². The molecule has 5 nitrogen and oxygen atoms in total. The standard InChI is InChI=1S/C15H22N2O3/c1-15(2,3)20-14(19)17-9-10-8-16-12-7-5-4-6-11(12)13(10)18/h4-7,10,13,16,18H,8-9H2,1-3H3,(H,17,19)/t10-,13+/m0/s1. The first-order chi connectivity index (χ1) is 9.37. The Morgan fingerprint density at radius 3 is 2.85 bits per heavy atom. The zero-order valence-corrected chi connectivity index (χ0v) is 12.1. The Hall–Kier alpha value is -1.75. The number of nitrogens with one attached hydrogen (secondary N) is 2. The van der Waals surface area contributed by atoms with Crippen LogP contribution in [0.1, 0.15) is 32.4 Å². The zero-order chi connectivity index (χ0) is 14.8. The lowest BCUT2D eigenvalue weighted by molar-refractivity contribution is 0.0487. The Morgan fingerprint density at radius 2 is 2.15 bits per heavy atom. The van der Waals surface area contributed by atoms with E-state index in [4.69, 9.17) is 4.74 Å². The lowest BCUT2D eigenvalue weighted by Gasteiger charge is -2.31. The van der Waals surface area contributed by atoms with Gasteiger partial charge in [-0.15, -0.1) is 0 Å². The van der Waals surface area contributed by atoms with Gasteiger partial charge >= 0.3 is 6.09 Å². The Morgan fingerprint density at radius 1 is 1.45 bits per heavy atom. The van der Waals surface area contributed by atoms with Crippen molar-refractivity contribution in [2.24, 2.45) is 5.92 Å². The number of para-hydroxylation sites is 1. The summed E-state index contributed by atoms with van der Waals surface area (Å²) in [7, 11) is 0. The molecule has 0 aromatic heterocycles. The summed E-state index contributed by atoms with van der Waals surface area (Å²) in [5, 5.41) is 16.3. The summed E-state index contributed by atoms with van der Waals surface area (Å²) < 4.78 is 5.18. The normalized spacial score (nSPS) is 21.6. The summed E-state index contributed by atoms with van der Waals surface area (Å²) in [6, 6.07) is 7.66. The highest BCUT2D eigenvalue weighted by atomic mass is 16.6. The number of anilines is 1. The molecule has 0 saturated carbocycles. The number of hydrogen-bond donors (Lipinski definition) is 3. The largest absolute Gasteiger partial charge is 0.444 e. The first-order valence-corrected chi connectivity index (χ1v) is 6.84. The van der Waals surface area contributed by atoms with Crippen LogP contribution in [0.5, 0.6) is 0 Å². The van der Waals surface area contributed by atoms with E-state index >= 15 is 0 Å². The van der Waals surface area contributed by atoms with Crippen LogP contribution in [-0.4, -0.2) is 29.9 Å². The predicted octanol–water partition coefficient (Wildman–Crippen LogP) is 2.29. The summed E-state index contributed by atoms with van der Waals surface area (Å²) in [6.07, 6.45) is -1.04. The summed E-state index contributed by atoms with van der Waals surface area (Å²) >= 11 is 0. The second-order valence-corrected chi connectivity index (χ2v) is 6.06. The average molecular weight is 278 g/mol. The molecule has 20 heavy (non-hydrogen) atoms. The number of alkyl carbamates (subject to hydrolysis) is 1. The molecule has 0 bridgehead atoms. The van der Waals surface area contributed by atoms with Crippen molar-refractivity contribution in [2.45, 2.75) is 32.5 Å². The maximum Gasteiger partial charge on any atom is 0.407 e. The Labute approximate surface area is 119 Å². The lowest BCUT2D eigenvalue weighted by Crippen LogP contribution is -2.40. The Bertz CT molecular complexity index is 482. The first-order valence-electron chi connectivity index (χ1n) is 6.84. The van der Waals surface area contributed by atoms with E-state index in [-0.39, 0.29) is 5.92 Å². The topological polar surface area (TPSA) is 70.6 Å². The van der Waals surface area contributed by atoms with Crippen LogP contribution in [0.3, 0.4) is 0 Å². The van der Waals surface area contributed by atoms with Crippen LogP contribution < -0.4 is 10.6 Å². The highest BCUT2D eigenvalue weighted by Gasteiger charge is 2.28. The summed E-state index contributed by atoms with van der Waals surface area (Å²) in [5.41, 5.74) is 1.31. The van der Waals surface area contributed by atoms with Gasteiger partial charge in [-0.1, -0.05) is 18.2 Å². The monoisotopic (exact) mass is 278 g/mol. The number of amides is 1. The van der Waals surface area contributed by atoms with Crippen molar-refractivity contribution < 1.29 is 14.6 Å². The number of hydrogen-bond acceptors (Lipinski definition) is 4. The summed E-state index contributed by atoms with van der Waals surface area (Å²) in [6.45, 7) is 6.45. The quantitative estimate of drug-likeness (QED) is 0.776. The van der Waals surface area contributed by atoms with Crippen molar-refractivity contribution in [2.75, 3.05) is 18.4 Å². The highest BCUT2D eigenvalue weighted by molar-refractivity contribution is 5.67. The maximum absolute atomic E-state index is 11.6. The van der Waals surface area contributed by atoms with Gasteiger partial charge in [-0.25, -0.2) is 4.79 Å². The predicted molar refractivity (Wildman–Crippen MR) is 77.6 cm³/mol. The number of ether oxygens (including phenoxy) is 1. The molecule has 0 aliphatic carbocycles. The van der Waals surface area contributed by atoms with E-state index in [1.54, 1.807) is 0 Å².